The average Bonchev–Trinajstić information content (AvgIpc) is 2.66. The molecule has 152 valence electrons. The predicted octanol–water partition coefficient (Wildman–Crippen LogP) is 2.02. The molecular formula is C20H26N2O6. The van der Waals surface area contributed by atoms with E-state index in [0.29, 0.717) is 5.56 Å². The molecule has 2 N–H and O–H groups in total. The summed E-state index contributed by atoms with van der Waals surface area (Å²) in [6, 6.07) is 0.864. The van der Waals surface area contributed by atoms with Crippen LogP contribution in [0, 0.1) is 12.3 Å². The third-order valence-corrected chi connectivity index (χ3v) is 5.52. The molecule has 1 aromatic heterocycles. The number of nitrogens with one attached hydrogen (secondary N) is 1. The van der Waals surface area contributed by atoms with Crippen LogP contribution in [0.5, 0.6) is 5.75 Å². The van der Waals surface area contributed by atoms with Gasteiger partial charge in [0.15, 0.2) is 5.69 Å². The lowest BCUT2D eigenvalue weighted by atomic mass is 9.69. The number of nitrogens with zero attached hydrogens (tertiary/aromatic N) is 1. The number of amides is 1. The SMILES string of the molecule is Cc1ccnc(C(=O)NC2COC(=O)CC3(CCCCC3)CC(=O)OC2)c1O. The fourth-order valence-corrected chi connectivity index (χ4v) is 3.92. The van der Waals surface area contributed by atoms with Crippen LogP contribution in [0.15, 0.2) is 12.3 Å². The topological polar surface area (TPSA) is 115 Å². The smallest absolute Gasteiger partial charge is 0.306 e. The fourth-order valence-electron chi connectivity index (χ4n) is 3.92. The van der Waals surface area contributed by atoms with Crippen molar-refractivity contribution in [1.82, 2.24) is 10.3 Å². The molecule has 8 heteroatoms. The molecule has 1 aromatic rings. The first-order chi connectivity index (χ1) is 13.4. The van der Waals surface area contributed by atoms with E-state index in [-0.39, 0.29) is 54.9 Å². The van der Waals surface area contributed by atoms with Gasteiger partial charge in [0.2, 0.25) is 0 Å². The number of rotatable bonds is 2. The highest BCUT2D eigenvalue weighted by molar-refractivity contribution is 5.95. The second-order valence-electron chi connectivity index (χ2n) is 7.78. The minimum Gasteiger partial charge on any atom is -0.505 e. The highest BCUT2D eigenvalue weighted by atomic mass is 16.5. The number of hydrogen-bond acceptors (Lipinski definition) is 7. The van der Waals surface area contributed by atoms with Crippen molar-refractivity contribution >= 4 is 17.8 Å². The molecule has 1 amide bonds. The van der Waals surface area contributed by atoms with Crippen LogP contribution in [0.1, 0.15) is 61.0 Å². The molecule has 0 unspecified atom stereocenters. The van der Waals surface area contributed by atoms with Crippen molar-refractivity contribution in [2.24, 2.45) is 5.41 Å². The molecule has 1 aliphatic heterocycles. The van der Waals surface area contributed by atoms with Gasteiger partial charge in [0.25, 0.3) is 5.91 Å². The van der Waals surface area contributed by atoms with E-state index in [1.807, 2.05) is 0 Å². The van der Waals surface area contributed by atoms with E-state index in [2.05, 4.69) is 10.3 Å². The van der Waals surface area contributed by atoms with Gasteiger partial charge in [-0.3, -0.25) is 14.4 Å². The first-order valence-corrected chi connectivity index (χ1v) is 9.65. The van der Waals surface area contributed by atoms with Gasteiger partial charge in [-0.15, -0.1) is 0 Å². The number of carbonyl (C=O) groups excluding carboxylic acids is 3. The number of hydrogen-bond donors (Lipinski definition) is 2. The molecule has 0 aromatic carbocycles. The van der Waals surface area contributed by atoms with Crippen molar-refractivity contribution in [1.29, 1.82) is 0 Å². The van der Waals surface area contributed by atoms with Crippen molar-refractivity contribution in [2.45, 2.75) is 57.9 Å². The normalized spacial score (nSPS) is 20.9. The van der Waals surface area contributed by atoms with E-state index in [4.69, 9.17) is 9.47 Å². The molecule has 8 nitrogen and oxygen atoms in total. The van der Waals surface area contributed by atoms with E-state index in [0.717, 1.165) is 32.1 Å². The van der Waals surface area contributed by atoms with Crippen LogP contribution in [0.3, 0.4) is 0 Å². The number of cyclic esters (lactones) is 2. The Morgan fingerprint density at radius 1 is 1.14 bits per heavy atom. The first-order valence-electron chi connectivity index (χ1n) is 9.65. The van der Waals surface area contributed by atoms with Crippen LogP contribution in [-0.2, 0) is 19.1 Å². The summed E-state index contributed by atoms with van der Waals surface area (Å²) in [7, 11) is 0. The summed E-state index contributed by atoms with van der Waals surface area (Å²) < 4.78 is 10.7. The van der Waals surface area contributed by atoms with Crippen molar-refractivity contribution in [3.8, 4) is 5.75 Å². The van der Waals surface area contributed by atoms with E-state index in [1.54, 1.807) is 13.0 Å². The Morgan fingerprint density at radius 3 is 2.36 bits per heavy atom. The quantitative estimate of drug-likeness (QED) is 0.743. The molecule has 0 bridgehead atoms. The second kappa shape index (κ2) is 8.58. The molecule has 1 saturated heterocycles. The molecule has 1 aliphatic carbocycles. The number of carbonyl (C=O) groups is 3. The summed E-state index contributed by atoms with van der Waals surface area (Å²) in [6.07, 6.45) is 6.51. The van der Waals surface area contributed by atoms with Gasteiger partial charge < -0.3 is 19.9 Å². The first kappa shape index (κ1) is 20.1. The average molecular weight is 390 g/mol. The summed E-state index contributed by atoms with van der Waals surface area (Å²) in [5.41, 5.74) is 0.0115. The van der Waals surface area contributed by atoms with Gasteiger partial charge in [-0.05, 0) is 36.8 Å². The molecule has 2 fully saturated rings. The molecule has 28 heavy (non-hydrogen) atoms. The Morgan fingerprint density at radius 2 is 1.75 bits per heavy atom. The van der Waals surface area contributed by atoms with Crippen molar-refractivity contribution in [3.05, 3.63) is 23.5 Å². The maximum Gasteiger partial charge on any atom is 0.306 e. The predicted molar refractivity (Wildman–Crippen MR) is 98.6 cm³/mol. The number of ether oxygens (including phenoxy) is 2. The minimum atomic E-state index is -0.720. The van der Waals surface area contributed by atoms with Gasteiger partial charge in [0.1, 0.15) is 19.0 Å². The molecular weight excluding hydrogens is 364 g/mol. The molecule has 0 atom stereocenters. The van der Waals surface area contributed by atoms with Crippen LogP contribution in [-0.4, -0.2) is 47.2 Å². The lowest BCUT2D eigenvalue weighted by Gasteiger charge is -2.36. The zero-order chi connectivity index (χ0) is 20.1. The van der Waals surface area contributed by atoms with E-state index in [9.17, 15) is 19.5 Å². The van der Waals surface area contributed by atoms with Gasteiger partial charge in [0.05, 0.1) is 18.9 Å². The van der Waals surface area contributed by atoms with E-state index < -0.39 is 11.9 Å². The monoisotopic (exact) mass is 390 g/mol. The van der Waals surface area contributed by atoms with E-state index in [1.165, 1.54) is 6.20 Å². The van der Waals surface area contributed by atoms with Crippen LogP contribution in [0.25, 0.3) is 0 Å². The van der Waals surface area contributed by atoms with Gasteiger partial charge in [0, 0.05) is 6.20 Å². The zero-order valence-electron chi connectivity index (χ0n) is 16.0. The largest absolute Gasteiger partial charge is 0.505 e. The molecule has 2 aliphatic rings. The Bertz CT molecular complexity index is 733. The van der Waals surface area contributed by atoms with Crippen LogP contribution >= 0.6 is 0 Å². The van der Waals surface area contributed by atoms with Crippen molar-refractivity contribution in [3.63, 3.8) is 0 Å². The lowest BCUT2D eigenvalue weighted by Crippen LogP contribution is -2.44. The Kier molecular flexibility index (Phi) is 6.16. The number of aryl methyl sites for hydroxylation is 1. The maximum absolute atomic E-state index is 12.4. The van der Waals surface area contributed by atoms with Gasteiger partial charge in [-0.25, -0.2) is 4.98 Å². The number of aromatic hydroxyl groups is 1. The van der Waals surface area contributed by atoms with Crippen molar-refractivity contribution < 1.29 is 29.0 Å². The number of esters is 2. The third-order valence-electron chi connectivity index (χ3n) is 5.52. The zero-order valence-corrected chi connectivity index (χ0v) is 16.0. The Hall–Kier alpha value is -2.64. The van der Waals surface area contributed by atoms with Crippen LogP contribution in [0.4, 0.5) is 0 Å². The number of aromatic nitrogens is 1. The Balaban J connectivity index is 1.67. The summed E-state index contributed by atoms with van der Waals surface area (Å²) in [5, 5.41) is 12.6. The summed E-state index contributed by atoms with van der Waals surface area (Å²) in [6.45, 7) is 1.43. The molecule has 3 rings (SSSR count). The summed E-state index contributed by atoms with van der Waals surface area (Å²) in [4.78, 5) is 41.0. The lowest BCUT2D eigenvalue weighted by molar-refractivity contribution is -0.156. The highest BCUT2D eigenvalue weighted by Gasteiger charge is 2.38. The molecule has 1 saturated carbocycles. The van der Waals surface area contributed by atoms with Crippen LogP contribution < -0.4 is 5.32 Å². The third kappa shape index (κ3) is 4.79. The maximum atomic E-state index is 12.4. The van der Waals surface area contributed by atoms with E-state index >= 15 is 0 Å². The van der Waals surface area contributed by atoms with Gasteiger partial charge >= 0.3 is 11.9 Å². The van der Waals surface area contributed by atoms with Gasteiger partial charge in [-0.1, -0.05) is 19.3 Å². The van der Waals surface area contributed by atoms with Crippen LogP contribution in [0.2, 0.25) is 0 Å². The molecule has 1 spiro atoms. The molecule has 0 radical (unpaired) electrons. The number of pyridine rings is 1. The minimum absolute atomic E-state index is 0.111. The Labute approximate surface area is 163 Å². The summed E-state index contributed by atoms with van der Waals surface area (Å²) in [5.74, 6) is -1.58. The highest BCUT2D eigenvalue weighted by Crippen LogP contribution is 2.43. The molecule has 2 heterocycles. The summed E-state index contributed by atoms with van der Waals surface area (Å²) >= 11 is 0. The standard InChI is InChI=1S/C20H26N2O6/c1-13-5-8-21-17(18(13)25)19(26)22-14-11-27-15(23)9-20(6-3-2-4-7-20)10-16(24)28-12-14/h5,8,14,25H,2-4,6-7,9-12H2,1H3,(H,22,26). The fraction of sp³-hybridized carbons (Fsp3) is 0.600. The van der Waals surface area contributed by atoms with Crippen molar-refractivity contribution in [2.75, 3.05) is 13.2 Å². The second-order valence-corrected chi connectivity index (χ2v) is 7.78. The van der Waals surface area contributed by atoms with Gasteiger partial charge in [-0.2, -0.15) is 0 Å².